The van der Waals surface area contributed by atoms with E-state index in [0.717, 1.165) is 0 Å². The molecule has 4 rings (SSSR count). The zero-order valence-electron chi connectivity index (χ0n) is 11.4. The molecule has 2 fully saturated rings. The largest absolute Gasteiger partial charge is 0.566 e. The molecule has 4 heterocycles. The summed E-state index contributed by atoms with van der Waals surface area (Å²) in [6, 6.07) is 0. The second-order valence-corrected chi connectivity index (χ2v) is 5.97. The average Bonchev–Trinajstić information content (AvgIpc) is 3.01. The van der Waals surface area contributed by atoms with E-state index in [-0.39, 0.29) is 0 Å². The number of ether oxygens (including phenoxy) is 3. The molecular weight excluding hydrogens is 420 g/mol. The molecule has 17 nitrogen and oxygen atoms in total. The highest BCUT2D eigenvalue weighted by Crippen LogP contribution is 2.61. The van der Waals surface area contributed by atoms with Gasteiger partial charge in [0, 0.05) is 0 Å². The van der Waals surface area contributed by atoms with E-state index in [4.69, 9.17) is 16.6 Å². The fourth-order valence-corrected chi connectivity index (χ4v) is 2.92. The molecule has 4 atom stereocenters. The predicted octanol–water partition coefficient (Wildman–Crippen LogP) is -0.00110. The summed E-state index contributed by atoms with van der Waals surface area (Å²) in [5.74, 6) is -9.75. The topological polar surface area (TPSA) is 196 Å². The molecule has 0 aromatic carbocycles. The van der Waals surface area contributed by atoms with Gasteiger partial charge in [-0.3, -0.25) is 0 Å². The first-order chi connectivity index (χ1) is 12.2. The first-order valence-corrected chi connectivity index (χ1v) is 7.71. The Morgan fingerprint density at radius 2 is 1.92 bits per heavy atom. The lowest BCUT2D eigenvalue weighted by Crippen LogP contribution is -2.63. The smallest absolute Gasteiger partial charge is 0.440 e. The van der Waals surface area contributed by atoms with Gasteiger partial charge in [-0.15, -0.1) is 24.4 Å². The van der Waals surface area contributed by atoms with E-state index in [1.165, 1.54) is 0 Å². The second kappa shape index (κ2) is 5.30. The minimum Gasteiger partial charge on any atom is -0.440 e. The van der Waals surface area contributed by atoms with Crippen LogP contribution in [0.2, 0.25) is 0 Å². The molecule has 4 aliphatic rings. The SMILES string of the molecule is O=C1OC2(O[N+](=O)[O-])OOP3(=O)OOC4=C(OCl)[C@H](OC4=O)[C@]2(OO3)O1. The van der Waals surface area contributed by atoms with E-state index >= 15 is 0 Å². The van der Waals surface area contributed by atoms with Crippen molar-refractivity contribution in [1.82, 2.24) is 0 Å². The number of hydrogen-bond acceptors (Lipinski definition) is 16. The molecule has 4 bridgehead atoms. The molecule has 1 spiro atoms. The van der Waals surface area contributed by atoms with Crippen LogP contribution < -0.4 is 0 Å². The van der Waals surface area contributed by atoms with Crippen LogP contribution in [-0.2, 0) is 61.4 Å². The van der Waals surface area contributed by atoms with E-state index in [1.807, 2.05) is 0 Å². The summed E-state index contributed by atoms with van der Waals surface area (Å²) < 4.78 is 43.1. The van der Waals surface area contributed by atoms with Crippen molar-refractivity contribution in [2.75, 3.05) is 0 Å². The van der Waals surface area contributed by atoms with Crippen LogP contribution in [0.15, 0.2) is 11.5 Å². The van der Waals surface area contributed by atoms with Gasteiger partial charge in [0.2, 0.25) is 11.9 Å². The van der Waals surface area contributed by atoms with Gasteiger partial charge in [-0.05, 0) is 0 Å². The number of phosphoric acid groups is 1. The zero-order chi connectivity index (χ0) is 18.7. The number of nitrogens with zero attached hydrogens (tertiary/aromatic N) is 1. The quantitative estimate of drug-likeness (QED) is 0.194. The fraction of sp³-hybridized carbons (Fsp3) is 0.429. The van der Waals surface area contributed by atoms with Crippen molar-refractivity contribution in [3.05, 3.63) is 21.6 Å². The minimum atomic E-state index is -5.01. The summed E-state index contributed by atoms with van der Waals surface area (Å²) in [6.07, 6.45) is -3.87. The number of carbonyl (C=O) groups excluding carboxylic acids is 2. The summed E-state index contributed by atoms with van der Waals surface area (Å²) >= 11 is 5.22. The number of rotatable bonds is 3. The lowest BCUT2D eigenvalue weighted by atomic mass is 10.1. The Kier molecular flexibility index (Phi) is 3.47. The highest BCUT2D eigenvalue weighted by Gasteiger charge is 2.82. The van der Waals surface area contributed by atoms with Gasteiger partial charge >= 0.3 is 36.8 Å². The Balaban J connectivity index is 1.95. The first-order valence-electron chi connectivity index (χ1n) is 5.94. The van der Waals surface area contributed by atoms with E-state index in [1.54, 1.807) is 0 Å². The van der Waals surface area contributed by atoms with Crippen LogP contribution in [0.1, 0.15) is 0 Å². The minimum absolute atomic E-state index is 0.825. The summed E-state index contributed by atoms with van der Waals surface area (Å²) in [7, 11) is -5.01. The molecule has 2 saturated heterocycles. The van der Waals surface area contributed by atoms with Gasteiger partial charge in [0.25, 0.3) is 5.76 Å². The maximum absolute atomic E-state index is 12.2. The highest BCUT2D eigenvalue weighted by molar-refractivity contribution is 7.48. The third-order valence-corrected chi connectivity index (χ3v) is 4.01. The number of hydrogen-bond donors (Lipinski definition) is 0. The highest BCUT2D eigenvalue weighted by atomic mass is 35.5. The Bertz CT molecular complexity index is 795. The Morgan fingerprint density at radius 3 is 2.62 bits per heavy atom. The van der Waals surface area contributed by atoms with Gasteiger partial charge in [0.1, 0.15) is 11.9 Å². The van der Waals surface area contributed by atoms with Gasteiger partial charge in [0.15, 0.2) is 0 Å². The maximum Gasteiger partial charge on any atom is 0.566 e. The van der Waals surface area contributed by atoms with E-state index in [9.17, 15) is 24.3 Å². The number of fused-ring (bicyclic) bond motifs is 3. The number of esters is 1. The van der Waals surface area contributed by atoms with Crippen molar-refractivity contribution < 1.29 is 71.3 Å². The Labute approximate surface area is 143 Å². The Hall–Kier alpha value is -2.40. The van der Waals surface area contributed by atoms with Crippen LogP contribution in [0.25, 0.3) is 0 Å². The van der Waals surface area contributed by atoms with Gasteiger partial charge in [0.05, 0.1) is 0 Å². The van der Waals surface area contributed by atoms with Crippen molar-refractivity contribution in [3.8, 4) is 0 Å². The van der Waals surface area contributed by atoms with Crippen LogP contribution in [-0.4, -0.2) is 35.1 Å². The summed E-state index contributed by atoms with van der Waals surface area (Å²) in [6.45, 7) is 0. The molecule has 0 saturated carbocycles. The molecule has 0 aliphatic carbocycles. The van der Waals surface area contributed by atoms with Gasteiger partial charge < -0.3 is 23.4 Å². The van der Waals surface area contributed by atoms with Crippen molar-refractivity contribution in [2.45, 2.75) is 17.9 Å². The van der Waals surface area contributed by atoms with Crippen LogP contribution >= 0.6 is 19.7 Å². The molecule has 0 radical (unpaired) electrons. The maximum atomic E-state index is 12.2. The molecule has 0 amide bonds. The van der Waals surface area contributed by atoms with E-state index in [2.05, 4.69) is 47.3 Å². The van der Waals surface area contributed by atoms with Crippen molar-refractivity contribution in [1.29, 1.82) is 0 Å². The normalized spacial score (nSPS) is 40.7. The van der Waals surface area contributed by atoms with Crippen molar-refractivity contribution >= 4 is 31.8 Å². The molecular formula is C7HClNO16P. The van der Waals surface area contributed by atoms with Crippen LogP contribution in [0.5, 0.6) is 0 Å². The Morgan fingerprint density at radius 1 is 1.19 bits per heavy atom. The standard InChI is InChI=1S/C7HClNO16P/c8-18-1-2-4(10)15-3(1)6-7(20-9(12)13,17-5(11)16-6)22-25-26(14,23-19-2)24-21-6/h3H/t3-,6+,7?,26?/m0/s1. The van der Waals surface area contributed by atoms with E-state index in [0.29, 0.717) is 0 Å². The van der Waals surface area contributed by atoms with Gasteiger partial charge in [-0.1, -0.05) is 4.67 Å². The summed E-state index contributed by atoms with van der Waals surface area (Å²) in [4.78, 5) is 51.9. The summed E-state index contributed by atoms with van der Waals surface area (Å²) in [5, 5.41) is 9.30. The number of carbonyl (C=O) groups is 2. The monoisotopic (exact) mass is 421 g/mol. The van der Waals surface area contributed by atoms with Crippen LogP contribution in [0.4, 0.5) is 4.79 Å². The molecule has 0 N–H and O–H groups in total. The summed E-state index contributed by atoms with van der Waals surface area (Å²) in [5.41, 5.74) is 0. The lowest BCUT2D eigenvalue weighted by Gasteiger charge is -2.34. The molecule has 0 aromatic heterocycles. The lowest BCUT2D eigenvalue weighted by molar-refractivity contribution is -0.832. The van der Waals surface area contributed by atoms with Gasteiger partial charge in [-0.25, -0.2) is 19.0 Å². The van der Waals surface area contributed by atoms with E-state index < -0.39 is 54.4 Å². The van der Waals surface area contributed by atoms with Crippen LogP contribution in [0.3, 0.4) is 0 Å². The molecule has 142 valence electrons. The van der Waals surface area contributed by atoms with Gasteiger partial charge in [-0.2, -0.15) is 4.89 Å². The second-order valence-electron chi connectivity index (χ2n) is 4.47. The number of halogens is 1. The van der Waals surface area contributed by atoms with Crippen LogP contribution in [0, 0.1) is 10.1 Å². The molecule has 19 heteroatoms. The van der Waals surface area contributed by atoms with Crippen molar-refractivity contribution in [3.63, 3.8) is 0 Å². The third kappa shape index (κ3) is 2.13. The molecule has 2 unspecified atom stereocenters. The third-order valence-electron chi connectivity index (χ3n) is 3.08. The predicted molar refractivity (Wildman–Crippen MR) is 59.1 cm³/mol. The van der Waals surface area contributed by atoms with Crippen molar-refractivity contribution in [2.24, 2.45) is 0 Å². The average molecular weight is 422 g/mol. The molecule has 4 aliphatic heterocycles. The molecule has 0 aromatic rings. The first kappa shape index (κ1) is 17.0. The fourth-order valence-electron chi connectivity index (χ4n) is 2.13. The molecule has 26 heavy (non-hydrogen) atoms. The zero-order valence-corrected chi connectivity index (χ0v) is 13.0.